The van der Waals surface area contributed by atoms with Gasteiger partial charge in [-0.05, 0) is 30.8 Å². The first kappa shape index (κ1) is 15.7. The van der Waals surface area contributed by atoms with Crippen LogP contribution < -0.4 is 5.32 Å². The molecule has 0 atom stereocenters. The van der Waals surface area contributed by atoms with Gasteiger partial charge in [-0.15, -0.1) is 0 Å². The molecule has 0 spiro atoms. The van der Waals surface area contributed by atoms with Crippen LogP contribution in [0.2, 0.25) is 0 Å². The maximum Gasteiger partial charge on any atom is 0.244 e. The fraction of sp³-hybridized carbons (Fsp3) is 0.286. The minimum atomic E-state index is -3.60. The molecule has 1 heterocycles. The summed E-state index contributed by atoms with van der Waals surface area (Å²) in [6, 6.07) is 7.50. The monoisotopic (exact) mass is 311 g/mol. The van der Waals surface area contributed by atoms with Gasteiger partial charge in [0.15, 0.2) is 0 Å². The van der Waals surface area contributed by atoms with E-state index in [1.54, 1.807) is 25.2 Å². The molecule has 5 nitrogen and oxygen atoms in total. The summed E-state index contributed by atoms with van der Waals surface area (Å²) in [7, 11) is -0.336. The van der Waals surface area contributed by atoms with Crippen LogP contribution in [-0.4, -0.2) is 31.8 Å². The normalized spacial score (nSPS) is 12.0. The second-order valence-corrected chi connectivity index (χ2v) is 6.83. The Morgan fingerprint density at radius 2 is 2.10 bits per heavy atom. The Labute approximate surface area is 123 Å². The SMILES string of the molecule is CNCc1cc(S(=O)(=O)N(C)Cc2cccc(F)c2)c[nH]1. The Kier molecular flexibility index (Phi) is 4.76. The molecule has 0 amide bonds. The molecule has 21 heavy (non-hydrogen) atoms. The van der Waals surface area contributed by atoms with E-state index >= 15 is 0 Å². The van der Waals surface area contributed by atoms with Gasteiger partial charge < -0.3 is 10.3 Å². The molecule has 0 bridgehead atoms. The molecule has 0 fully saturated rings. The molecule has 2 aromatic rings. The summed E-state index contributed by atoms with van der Waals surface area (Å²) >= 11 is 0. The van der Waals surface area contributed by atoms with Crippen molar-refractivity contribution in [2.24, 2.45) is 0 Å². The summed E-state index contributed by atoms with van der Waals surface area (Å²) < 4.78 is 39.2. The molecular formula is C14H18FN3O2S. The van der Waals surface area contributed by atoms with Crippen molar-refractivity contribution < 1.29 is 12.8 Å². The minimum absolute atomic E-state index is 0.118. The van der Waals surface area contributed by atoms with Crippen LogP contribution >= 0.6 is 0 Å². The topological polar surface area (TPSA) is 65.2 Å². The first-order chi connectivity index (χ1) is 9.93. The van der Waals surface area contributed by atoms with Crippen LogP contribution in [0, 0.1) is 5.82 Å². The Morgan fingerprint density at radius 3 is 2.76 bits per heavy atom. The lowest BCUT2D eigenvalue weighted by Gasteiger charge is -2.16. The highest BCUT2D eigenvalue weighted by Crippen LogP contribution is 2.18. The Bertz CT molecular complexity index is 713. The smallest absolute Gasteiger partial charge is 0.244 e. The predicted octanol–water partition coefficient (Wildman–Crippen LogP) is 1.69. The van der Waals surface area contributed by atoms with Gasteiger partial charge in [-0.3, -0.25) is 0 Å². The van der Waals surface area contributed by atoms with E-state index in [-0.39, 0.29) is 17.3 Å². The number of H-pyrrole nitrogens is 1. The van der Waals surface area contributed by atoms with Crippen LogP contribution in [0.25, 0.3) is 0 Å². The number of nitrogens with zero attached hydrogens (tertiary/aromatic N) is 1. The van der Waals surface area contributed by atoms with Crippen LogP contribution in [-0.2, 0) is 23.1 Å². The summed E-state index contributed by atoms with van der Waals surface area (Å²) in [6.45, 7) is 0.676. The lowest BCUT2D eigenvalue weighted by Crippen LogP contribution is -2.26. The van der Waals surface area contributed by atoms with E-state index in [0.29, 0.717) is 12.1 Å². The molecule has 0 saturated heterocycles. The number of sulfonamides is 1. The molecule has 0 aliphatic carbocycles. The lowest BCUT2D eigenvalue weighted by molar-refractivity contribution is 0.465. The van der Waals surface area contributed by atoms with Crippen LogP contribution in [0.15, 0.2) is 41.4 Å². The van der Waals surface area contributed by atoms with E-state index in [1.807, 2.05) is 0 Å². The fourth-order valence-electron chi connectivity index (χ4n) is 2.02. The molecule has 2 rings (SSSR count). The predicted molar refractivity (Wildman–Crippen MR) is 78.6 cm³/mol. The van der Waals surface area contributed by atoms with E-state index in [1.165, 1.54) is 29.7 Å². The molecule has 0 radical (unpaired) electrons. The summed E-state index contributed by atoms with van der Waals surface area (Å²) in [5.74, 6) is -0.378. The number of benzene rings is 1. The van der Waals surface area contributed by atoms with E-state index in [0.717, 1.165) is 5.69 Å². The number of hydrogen-bond acceptors (Lipinski definition) is 3. The van der Waals surface area contributed by atoms with Crippen LogP contribution in [0.3, 0.4) is 0 Å². The maximum atomic E-state index is 13.1. The van der Waals surface area contributed by atoms with Crippen molar-refractivity contribution in [1.82, 2.24) is 14.6 Å². The zero-order valence-electron chi connectivity index (χ0n) is 11.9. The van der Waals surface area contributed by atoms with Crippen molar-refractivity contribution in [2.75, 3.05) is 14.1 Å². The summed E-state index contributed by atoms with van der Waals surface area (Å²) in [5, 5.41) is 2.94. The first-order valence-electron chi connectivity index (χ1n) is 6.46. The third kappa shape index (κ3) is 3.69. The van der Waals surface area contributed by atoms with Gasteiger partial charge in [0.2, 0.25) is 10.0 Å². The molecule has 0 aliphatic rings. The Morgan fingerprint density at radius 1 is 1.33 bits per heavy atom. The molecular weight excluding hydrogens is 293 g/mol. The van der Waals surface area contributed by atoms with Crippen LogP contribution in [0.4, 0.5) is 4.39 Å². The third-order valence-corrected chi connectivity index (χ3v) is 4.87. The Hall–Kier alpha value is -1.70. The molecule has 7 heteroatoms. The van der Waals surface area contributed by atoms with Gasteiger partial charge in [-0.25, -0.2) is 12.8 Å². The van der Waals surface area contributed by atoms with E-state index in [9.17, 15) is 12.8 Å². The number of hydrogen-bond donors (Lipinski definition) is 2. The molecule has 0 unspecified atom stereocenters. The van der Waals surface area contributed by atoms with Gasteiger partial charge in [0.05, 0.1) is 4.90 Å². The van der Waals surface area contributed by atoms with Gasteiger partial charge in [0.1, 0.15) is 5.82 Å². The first-order valence-corrected chi connectivity index (χ1v) is 7.90. The van der Waals surface area contributed by atoms with Crippen LogP contribution in [0.1, 0.15) is 11.3 Å². The van der Waals surface area contributed by atoms with Crippen LogP contribution in [0.5, 0.6) is 0 Å². The fourth-order valence-corrected chi connectivity index (χ4v) is 3.20. The van der Waals surface area contributed by atoms with Crippen molar-refractivity contribution in [3.63, 3.8) is 0 Å². The average Bonchev–Trinajstić information content (AvgIpc) is 2.88. The second-order valence-electron chi connectivity index (χ2n) is 4.78. The van der Waals surface area contributed by atoms with Gasteiger partial charge in [0, 0.05) is 32.0 Å². The van der Waals surface area contributed by atoms with Crippen molar-refractivity contribution in [3.8, 4) is 0 Å². The summed E-state index contributed by atoms with van der Waals surface area (Å²) in [5.41, 5.74) is 1.39. The van der Waals surface area contributed by atoms with Gasteiger partial charge in [0.25, 0.3) is 0 Å². The van der Waals surface area contributed by atoms with Crippen molar-refractivity contribution in [1.29, 1.82) is 0 Å². The van der Waals surface area contributed by atoms with Gasteiger partial charge in [-0.2, -0.15) is 4.31 Å². The zero-order chi connectivity index (χ0) is 15.5. The van der Waals surface area contributed by atoms with Gasteiger partial charge in [-0.1, -0.05) is 12.1 Å². The standard InChI is InChI=1S/C14H18FN3O2S/c1-16-8-13-7-14(9-17-13)21(19,20)18(2)10-11-4-3-5-12(15)6-11/h3-7,9,16-17H,8,10H2,1-2H3. The summed E-state index contributed by atoms with van der Waals surface area (Å²) in [4.78, 5) is 3.11. The Balaban J connectivity index is 2.17. The van der Waals surface area contributed by atoms with Gasteiger partial charge >= 0.3 is 0 Å². The highest BCUT2D eigenvalue weighted by molar-refractivity contribution is 7.89. The van der Waals surface area contributed by atoms with E-state index in [2.05, 4.69) is 10.3 Å². The number of rotatable bonds is 6. The molecule has 2 N–H and O–H groups in total. The molecule has 1 aromatic heterocycles. The number of aromatic nitrogens is 1. The van der Waals surface area contributed by atoms with E-state index < -0.39 is 10.0 Å². The largest absolute Gasteiger partial charge is 0.363 e. The molecule has 1 aromatic carbocycles. The number of halogens is 1. The highest BCUT2D eigenvalue weighted by atomic mass is 32.2. The van der Waals surface area contributed by atoms with Crippen molar-refractivity contribution in [3.05, 3.63) is 53.6 Å². The zero-order valence-corrected chi connectivity index (χ0v) is 12.7. The quantitative estimate of drug-likeness (QED) is 0.853. The molecule has 0 saturated carbocycles. The maximum absolute atomic E-state index is 13.1. The molecule has 0 aliphatic heterocycles. The van der Waals surface area contributed by atoms with Crippen molar-refractivity contribution >= 4 is 10.0 Å². The second kappa shape index (κ2) is 6.38. The van der Waals surface area contributed by atoms with E-state index in [4.69, 9.17) is 0 Å². The third-order valence-electron chi connectivity index (χ3n) is 3.09. The number of nitrogens with one attached hydrogen (secondary N) is 2. The minimum Gasteiger partial charge on any atom is -0.363 e. The summed E-state index contributed by atoms with van der Waals surface area (Å²) in [6.07, 6.45) is 1.46. The average molecular weight is 311 g/mol. The lowest BCUT2D eigenvalue weighted by atomic mass is 10.2. The van der Waals surface area contributed by atoms with Crippen molar-refractivity contribution in [2.45, 2.75) is 18.0 Å². The highest BCUT2D eigenvalue weighted by Gasteiger charge is 2.22. The molecule has 114 valence electrons. The number of aromatic amines is 1.